The van der Waals surface area contributed by atoms with E-state index < -0.39 is 0 Å². The highest BCUT2D eigenvalue weighted by Gasteiger charge is 2.14. The molecule has 0 atom stereocenters. The summed E-state index contributed by atoms with van der Waals surface area (Å²) in [6, 6.07) is 12.1. The third kappa shape index (κ3) is 4.69. The summed E-state index contributed by atoms with van der Waals surface area (Å²) in [4.78, 5) is 16.6. The number of nitrogens with zero attached hydrogens (tertiary/aromatic N) is 2. The van der Waals surface area contributed by atoms with Gasteiger partial charge in [0.2, 0.25) is 5.91 Å². The molecule has 1 N–H and O–H groups in total. The Kier molecular flexibility index (Phi) is 6.76. The van der Waals surface area contributed by atoms with Gasteiger partial charge < -0.3 is 4.90 Å². The highest BCUT2D eigenvalue weighted by Crippen LogP contribution is 2.36. The van der Waals surface area contributed by atoms with Crippen LogP contribution in [0.4, 0.5) is 5.69 Å². The highest BCUT2D eigenvalue weighted by atomic mass is 32.2. The lowest BCUT2D eigenvalue weighted by Crippen LogP contribution is -2.31. The molecule has 1 amide bonds. The Balaban J connectivity index is 2.28. The fourth-order valence-electron chi connectivity index (χ4n) is 2.72. The van der Waals surface area contributed by atoms with E-state index in [-0.39, 0.29) is 5.91 Å². The van der Waals surface area contributed by atoms with Crippen molar-refractivity contribution in [1.29, 1.82) is 5.53 Å². The summed E-state index contributed by atoms with van der Waals surface area (Å²) >= 11 is 1.67. The molecule has 0 aliphatic carbocycles. The highest BCUT2D eigenvalue weighted by molar-refractivity contribution is 7.99. The Hall–Kier alpha value is -2.14. The molecule has 132 valence electrons. The second-order valence-electron chi connectivity index (χ2n) is 5.97. The average molecular weight is 356 g/mol. The minimum absolute atomic E-state index is 0.161. The molecule has 4 nitrogen and oxygen atoms in total. The number of carbonyl (C=O) groups is 1. The summed E-state index contributed by atoms with van der Waals surface area (Å²) in [6.45, 7) is 9.48. The normalized spacial score (nSPS) is 10.6. The van der Waals surface area contributed by atoms with Crippen LogP contribution in [-0.4, -0.2) is 23.9 Å². The van der Waals surface area contributed by atoms with Gasteiger partial charge in [-0.05, 0) is 62.6 Å². The average Bonchev–Trinajstić information content (AvgIpc) is 2.60. The first-order valence-electron chi connectivity index (χ1n) is 8.52. The first-order valence-corrected chi connectivity index (χ1v) is 9.34. The SMILES string of the molecule is CCN(CC)C(=O)Cc1ccccc1Sc1cc(C)c(N=N)cc1C. The van der Waals surface area contributed by atoms with Crippen LogP contribution in [0.1, 0.15) is 30.5 Å². The first kappa shape index (κ1) is 19.2. The van der Waals surface area contributed by atoms with Gasteiger partial charge >= 0.3 is 0 Å². The van der Waals surface area contributed by atoms with Crippen molar-refractivity contribution in [3.05, 3.63) is 53.1 Å². The Morgan fingerprint density at radius 1 is 1.08 bits per heavy atom. The van der Waals surface area contributed by atoms with E-state index in [1.54, 1.807) is 11.8 Å². The van der Waals surface area contributed by atoms with Gasteiger partial charge in [-0.3, -0.25) is 4.79 Å². The largest absolute Gasteiger partial charge is 0.343 e. The number of aryl methyl sites for hydroxylation is 2. The molecule has 0 fully saturated rings. The lowest BCUT2D eigenvalue weighted by atomic mass is 10.1. The molecular formula is C20H25N3OS. The molecule has 0 aromatic heterocycles. The summed E-state index contributed by atoms with van der Waals surface area (Å²) in [7, 11) is 0. The molecule has 0 aliphatic rings. The molecule has 0 unspecified atom stereocenters. The molecule has 0 heterocycles. The van der Waals surface area contributed by atoms with Crippen LogP contribution in [0.5, 0.6) is 0 Å². The number of carbonyl (C=O) groups excluding carboxylic acids is 1. The van der Waals surface area contributed by atoms with Crippen LogP contribution in [0.15, 0.2) is 51.3 Å². The molecule has 0 saturated heterocycles. The smallest absolute Gasteiger partial charge is 0.227 e. The topological polar surface area (TPSA) is 56.5 Å². The number of amides is 1. The van der Waals surface area contributed by atoms with Gasteiger partial charge in [-0.1, -0.05) is 30.0 Å². The quantitative estimate of drug-likeness (QED) is 0.664. The maximum Gasteiger partial charge on any atom is 0.227 e. The monoisotopic (exact) mass is 355 g/mol. The molecule has 25 heavy (non-hydrogen) atoms. The zero-order valence-electron chi connectivity index (χ0n) is 15.3. The zero-order chi connectivity index (χ0) is 18.4. The Labute approximate surface area is 154 Å². The minimum Gasteiger partial charge on any atom is -0.343 e. The second kappa shape index (κ2) is 8.81. The number of rotatable bonds is 7. The van der Waals surface area contributed by atoms with E-state index in [1.165, 1.54) is 0 Å². The second-order valence-corrected chi connectivity index (χ2v) is 7.05. The maximum absolute atomic E-state index is 12.5. The Morgan fingerprint density at radius 3 is 2.40 bits per heavy atom. The predicted molar refractivity (Wildman–Crippen MR) is 103 cm³/mol. The standard InChI is InChI=1S/C20H25N3OS/c1-5-23(6-2)20(24)13-16-9-7-8-10-18(16)25-19-12-14(3)17(22-21)11-15(19)4/h7-12,21H,5-6,13H2,1-4H3. The molecule has 5 heteroatoms. The summed E-state index contributed by atoms with van der Waals surface area (Å²) in [5, 5.41) is 3.56. The van der Waals surface area contributed by atoms with Crippen molar-refractivity contribution >= 4 is 23.4 Å². The Bertz CT molecular complexity index is 770. The van der Waals surface area contributed by atoms with Crippen LogP contribution >= 0.6 is 11.8 Å². The molecular weight excluding hydrogens is 330 g/mol. The van der Waals surface area contributed by atoms with Crippen LogP contribution < -0.4 is 0 Å². The minimum atomic E-state index is 0.161. The molecule has 0 saturated carbocycles. The molecule has 2 rings (SSSR count). The molecule has 0 aliphatic heterocycles. The van der Waals surface area contributed by atoms with Crippen molar-refractivity contribution in [3.8, 4) is 0 Å². The van der Waals surface area contributed by atoms with Crippen molar-refractivity contribution in [2.24, 2.45) is 5.11 Å². The van der Waals surface area contributed by atoms with Crippen LogP contribution in [0.25, 0.3) is 0 Å². The van der Waals surface area contributed by atoms with Crippen molar-refractivity contribution in [2.45, 2.75) is 43.9 Å². The first-order chi connectivity index (χ1) is 12.0. The van der Waals surface area contributed by atoms with Crippen LogP contribution in [0.2, 0.25) is 0 Å². The molecule has 0 radical (unpaired) electrons. The fraction of sp³-hybridized carbons (Fsp3) is 0.350. The summed E-state index contributed by atoms with van der Waals surface area (Å²) < 4.78 is 0. The van der Waals surface area contributed by atoms with Crippen molar-refractivity contribution in [2.75, 3.05) is 13.1 Å². The van der Waals surface area contributed by atoms with Gasteiger partial charge in [-0.15, -0.1) is 0 Å². The number of nitrogens with one attached hydrogen (secondary N) is 1. The van der Waals surface area contributed by atoms with Crippen molar-refractivity contribution in [1.82, 2.24) is 4.90 Å². The van der Waals surface area contributed by atoms with E-state index in [2.05, 4.69) is 17.2 Å². The zero-order valence-corrected chi connectivity index (χ0v) is 16.1. The van der Waals surface area contributed by atoms with Gasteiger partial charge in [0.05, 0.1) is 12.1 Å². The number of likely N-dealkylation sites (N-methyl/N-ethyl adjacent to an activating group) is 1. The van der Waals surface area contributed by atoms with E-state index in [1.807, 2.05) is 56.9 Å². The van der Waals surface area contributed by atoms with Gasteiger partial charge in [0.15, 0.2) is 0 Å². The summed E-state index contributed by atoms with van der Waals surface area (Å²) in [6.07, 6.45) is 0.420. The number of hydrogen-bond donors (Lipinski definition) is 1. The van der Waals surface area contributed by atoms with Crippen molar-refractivity contribution < 1.29 is 4.79 Å². The van der Waals surface area contributed by atoms with E-state index in [0.717, 1.165) is 39.6 Å². The van der Waals surface area contributed by atoms with Gasteiger partial charge in [0, 0.05) is 22.9 Å². The lowest BCUT2D eigenvalue weighted by Gasteiger charge is -2.19. The number of hydrogen-bond acceptors (Lipinski definition) is 4. The predicted octanol–water partition coefficient (Wildman–Crippen LogP) is 5.53. The molecule has 0 spiro atoms. The van der Waals surface area contributed by atoms with Crippen LogP contribution in [-0.2, 0) is 11.2 Å². The third-order valence-electron chi connectivity index (χ3n) is 4.26. The molecule has 2 aromatic rings. The maximum atomic E-state index is 12.5. The molecule has 0 bridgehead atoms. The van der Waals surface area contributed by atoms with Gasteiger partial charge in [-0.25, -0.2) is 5.53 Å². The Morgan fingerprint density at radius 2 is 1.76 bits per heavy atom. The summed E-state index contributed by atoms with van der Waals surface area (Å²) in [5.74, 6) is 0.161. The van der Waals surface area contributed by atoms with E-state index in [9.17, 15) is 4.79 Å². The van der Waals surface area contributed by atoms with Gasteiger partial charge in [-0.2, -0.15) is 5.11 Å². The van der Waals surface area contributed by atoms with Crippen LogP contribution in [0, 0.1) is 19.4 Å². The van der Waals surface area contributed by atoms with E-state index >= 15 is 0 Å². The van der Waals surface area contributed by atoms with Gasteiger partial charge in [0.25, 0.3) is 0 Å². The van der Waals surface area contributed by atoms with Gasteiger partial charge in [0.1, 0.15) is 0 Å². The third-order valence-corrected chi connectivity index (χ3v) is 5.54. The van der Waals surface area contributed by atoms with Crippen LogP contribution in [0.3, 0.4) is 0 Å². The number of benzene rings is 2. The lowest BCUT2D eigenvalue weighted by molar-refractivity contribution is -0.130. The summed E-state index contributed by atoms with van der Waals surface area (Å²) in [5.41, 5.74) is 11.1. The molecule has 2 aromatic carbocycles. The fourth-order valence-corrected chi connectivity index (χ4v) is 3.83. The van der Waals surface area contributed by atoms with E-state index in [0.29, 0.717) is 12.1 Å². The van der Waals surface area contributed by atoms with Crippen molar-refractivity contribution in [3.63, 3.8) is 0 Å². The van der Waals surface area contributed by atoms with E-state index in [4.69, 9.17) is 5.53 Å².